The number of carbonyl (C=O) groups excluding carboxylic acids is 1. The van der Waals surface area contributed by atoms with Crippen LogP contribution in [-0.4, -0.2) is 60.3 Å². The highest BCUT2D eigenvalue weighted by molar-refractivity contribution is 8.00. The molecule has 1 aliphatic rings. The third kappa shape index (κ3) is 6.48. The van der Waals surface area contributed by atoms with Gasteiger partial charge in [0.15, 0.2) is 0 Å². The third-order valence-electron chi connectivity index (χ3n) is 5.82. The van der Waals surface area contributed by atoms with E-state index in [-0.39, 0.29) is 5.91 Å². The molecule has 0 radical (unpaired) electrons. The summed E-state index contributed by atoms with van der Waals surface area (Å²) in [6.07, 6.45) is 3.08. The summed E-state index contributed by atoms with van der Waals surface area (Å²) in [7, 11) is 1.66. The Bertz CT molecular complexity index is 759. The molecule has 1 aromatic carbocycles. The molecule has 1 saturated heterocycles. The summed E-state index contributed by atoms with van der Waals surface area (Å²) in [5, 5.41) is 4.23. The molecule has 164 valence electrons. The molecule has 1 aromatic heterocycles. The first-order valence-electron chi connectivity index (χ1n) is 10.6. The number of hydrogen-bond acceptors (Lipinski definition) is 6. The lowest BCUT2D eigenvalue weighted by molar-refractivity contribution is -0.132. The molecule has 2 aromatic rings. The van der Waals surface area contributed by atoms with Crippen molar-refractivity contribution in [3.8, 4) is 5.75 Å². The summed E-state index contributed by atoms with van der Waals surface area (Å²) in [6, 6.07) is 10.8. The molecule has 2 N–H and O–H groups in total. The molecule has 3 rings (SSSR count). The number of carbonyl (C=O) groups is 1. The number of likely N-dealkylation sites (tertiary alicyclic amines) is 1. The number of thioether (sulfide) groups is 1. The van der Waals surface area contributed by atoms with Gasteiger partial charge in [-0.1, -0.05) is 0 Å². The van der Waals surface area contributed by atoms with E-state index >= 15 is 0 Å². The van der Waals surface area contributed by atoms with Crippen molar-refractivity contribution in [2.45, 2.75) is 49.7 Å². The molecule has 0 aliphatic carbocycles. The molecular weight excluding hydrogens is 414 g/mol. The van der Waals surface area contributed by atoms with Crippen LogP contribution in [0.15, 0.2) is 46.0 Å². The minimum absolute atomic E-state index is 0.218. The maximum absolute atomic E-state index is 13.2. The zero-order valence-electron chi connectivity index (χ0n) is 18.0. The van der Waals surface area contributed by atoms with Gasteiger partial charge in [0.25, 0.3) is 0 Å². The molecule has 1 fully saturated rings. The van der Waals surface area contributed by atoms with Crippen LogP contribution in [0.1, 0.15) is 31.7 Å². The van der Waals surface area contributed by atoms with E-state index in [0.717, 1.165) is 49.5 Å². The van der Waals surface area contributed by atoms with Crippen LogP contribution in [-0.2, 0) is 11.3 Å². The zero-order valence-corrected chi connectivity index (χ0v) is 19.6. The van der Waals surface area contributed by atoms with E-state index < -0.39 is 0 Å². The molecule has 0 bridgehead atoms. The molecule has 0 spiro atoms. The average molecular weight is 448 g/mol. The summed E-state index contributed by atoms with van der Waals surface area (Å²) in [5.41, 5.74) is 6.96. The van der Waals surface area contributed by atoms with Gasteiger partial charge in [-0.05, 0) is 79.4 Å². The topological polar surface area (TPSA) is 58.8 Å². The van der Waals surface area contributed by atoms with Gasteiger partial charge in [0.2, 0.25) is 5.91 Å². The van der Waals surface area contributed by atoms with Gasteiger partial charge < -0.3 is 20.3 Å². The van der Waals surface area contributed by atoms with Crippen LogP contribution in [0.4, 0.5) is 0 Å². The molecule has 1 unspecified atom stereocenters. The minimum Gasteiger partial charge on any atom is -0.497 e. The smallest absolute Gasteiger partial charge is 0.233 e. The van der Waals surface area contributed by atoms with Gasteiger partial charge in [0.1, 0.15) is 5.75 Å². The van der Waals surface area contributed by atoms with Crippen molar-refractivity contribution < 1.29 is 9.53 Å². The minimum atomic E-state index is 0.218. The van der Waals surface area contributed by atoms with Gasteiger partial charge in [-0.3, -0.25) is 4.79 Å². The van der Waals surface area contributed by atoms with Gasteiger partial charge in [-0.2, -0.15) is 11.3 Å². The lowest BCUT2D eigenvalue weighted by atomic mass is 10.00. The molecule has 1 amide bonds. The predicted octanol–water partition coefficient (Wildman–Crippen LogP) is 4.08. The van der Waals surface area contributed by atoms with Crippen molar-refractivity contribution in [2.24, 2.45) is 5.73 Å². The number of piperidine rings is 1. The SMILES string of the molecule is COc1ccc(SCC(=O)N(Cc2ccsc2)C2CCN(C(C)CCN)CC2)cc1. The lowest BCUT2D eigenvalue weighted by Gasteiger charge is -2.40. The van der Waals surface area contributed by atoms with Crippen LogP contribution in [0.2, 0.25) is 0 Å². The Labute approximate surface area is 188 Å². The molecular formula is C23H33N3O2S2. The predicted molar refractivity (Wildman–Crippen MR) is 126 cm³/mol. The zero-order chi connectivity index (χ0) is 21.3. The first-order valence-corrected chi connectivity index (χ1v) is 12.5. The maximum Gasteiger partial charge on any atom is 0.233 e. The number of rotatable bonds is 10. The number of ether oxygens (including phenoxy) is 1. The van der Waals surface area contributed by atoms with Crippen LogP contribution in [0.5, 0.6) is 5.75 Å². The van der Waals surface area contributed by atoms with Crippen molar-refractivity contribution in [3.63, 3.8) is 0 Å². The summed E-state index contributed by atoms with van der Waals surface area (Å²) in [5.74, 6) is 1.51. The Kier molecular flexibility index (Phi) is 9.05. The first-order chi connectivity index (χ1) is 14.6. The molecule has 30 heavy (non-hydrogen) atoms. The number of nitrogens with two attached hydrogens (primary N) is 1. The number of methoxy groups -OCH3 is 1. The average Bonchev–Trinajstić information content (AvgIpc) is 3.30. The van der Waals surface area contributed by atoms with Gasteiger partial charge in [0.05, 0.1) is 12.9 Å². The molecule has 1 aliphatic heterocycles. The van der Waals surface area contributed by atoms with Gasteiger partial charge >= 0.3 is 0 Å². The fourth-order valence-electron chi connectivity index (χ4n) is 3.96. The van der Waals surface area contributed by atoms with E-state index in [0.29, 0.717) is 24.4 Å². The highest BCUT2D eigenvalue weighted by atomic mass is 32.2. The van der Waals surface area contributed by atoms with Gasteiger partial charge in [-0.15, -0.1) is 11.8 Å². The van der Waals surface area contributed by atoms with E-state index in [4.69, 9.17) is 10.5 Å². The fourth-order valence-corrected chi connectivity index (χ4v) is 5.41. The largest absolute Gasteiger partial charge is 0.497 e. The molecule has 7 heteroatoms. The summed E-state index contributed by atoms with van der Waals surface area (Å²) in [4.78, 5) is 19.0. The second-order valence-corrected chi connectivity index (χ2v) is 9.64. The number of nitrogens with zero attached hydrogens (tertiary/aromatic N) is 2. The summed E-state index contributed by atoms with van der Waals surface area (Å²) in [6.45, 7) is 5.75. The monoisotopic (exact) mass is 447 g/mol. The Morgan fingerprint density at radius 2 is 2.03 bits per heavy atom. The van der Waals surface area contributed by atoms with Crippen LogP contribution < -0.4 is 10.5 Å². The van der Waals surface area contributed by atoms with E-state index in [1.165, 1.54) is 5.56 Å². The Hall–Kier alpha value is -1.54. The van der Waals surface area contributed by atoms with Crippen molar-refractivity contribution >= 4 is 29.0 Å². The Morgan fingerprint density at radius 3 is 2.63 bits per heavy atom. The quantitative estimate of drug-likeness (QED) is 0.556. The van der Waals surface area contributed by atoms with Crippen LogP contribution >= 0.6 is 23.1 Å². The lowest BCUT2D eigenvalue weighted by Crippen LogP contribution is -2.49. The first kappa shape index (κ1) is 23.1. The molecule has 2 heterocycles. The normalized spacial score (nSPS) is 16.4. The van der Waals surface area contributed by atoms with Gasteiger partial charge in [0, 0.05) is 36.6 Å². The van der Waals surface area contributed by atoms with Crippen LogP contribution in [0, 0.1) is 0 Å². The highest BCUT2D eigenvalue weighted by Crippen LogP contribution is 2.25. The Morgan fingerprint density at radius 1 is 1.30 bits per heavy atom. The van der Waals surface area contributed by atoms with Crippen molar-refractivity contribution in [1.29, 1.82) is 0 Å². The van der Waals surface area contributed by atoms with Gasteiger partial charge in [-0.25, -0.2) is 0 Å². The number of benzene rings is 1. The summed E-state index contributed by atoms with van der Waals surface area (Å²) < 4.78 is 5.22. The number of hydrogen-bond donors (Lipinski definition) is 1. The number of amides is 1. The second-order valence-electron chi connectivity index (χ2n) is 7.81. The van der Waals surface area contributed by atoms with Crippen molar-refractivity contribution in [2.75, 3.05) is 32.5 Å². The summed E-state index contributed by atoms with van der Waals surface area (Å²) >= 11 is 3.28. The van der Waals surface area contributed by atoms with Crippen LogP contribution in [0.3, 0.4) is 0 Å². The molecule has 1 atom stereocenters. The maximum atomic E-state index is 13.2. The third-order valence-corrected chi connectivity index (χ3v) is 7.55. The highest BCUT2D eigenvalue weighted by Gasteiger charge is 2.29. The Balaban J connectivity index is 1.61. The molecule has 5 nitrogen and oxygen atoms in total. The van der Waals surface area contributed by atoms with Crippen molar-refractivity contribution in [1.82, 2.24) is 9.80 Å². The fraction of sp³-hybridized carbons (Fsp3) is 0.522. The van der Waals surface area contributed by atoms with E-state index in [2.05, 4.69) is 33.6 Å². The number of thiophene rings is 1. The van der Waals surface area contributed by atoms with E-state index in [9.17, 15) is 4.79 Å². The van der Waals surface area contributed by atoms with E-state index in [1.807, 2.05) is 24.3 Å². The molecule has 0 saturated carbocycles. The van der Waals surface area contributed by atoms with E-state index in [1.54, 1.807) is 30.2 Å². The van der Waals surface area contributed by atoms with Crippen LogP contribution in [0.25, 0.3) is 0 Å². The van der Waals surface area contributed by atoms with Crippen molar-refractivity contribution in [3.05, 3.63) is 46.7 Å². The standard InChI is InChI=1S/C23H33N3O2S2/c1-18(7-11-24)25-12-8-20(9-13-25)26(15-19-10-14-29-16-19)23(27)17-30-22-5-3-21(28-2)4-6-22/h3-6,10,14,16,18,20H,7-9,11-13,15,17,24H2,1-2H3. The second kappa shape index (κ2) is 11.7.